The number of hydrogen-bond donors (Lipinski definition) is 1. The Morgan fingerprint density at radius 1 is 1.20 bits per heavy atom. The van der Waals surface area contributed by atoms with Crippen molar-refractivity contribution in [3.63, 3.8) is 0 Å². The van der Waals surface area contributed by atoms with Crippen LogP contribution < -0.4 is 5.32 Å². The van der Waals surface area contributed by atoms with Crippen LogP contribution in [0.15, 0.2) is 6.33 Å². The highest BCUT2D eigenvalue weighted by atomic mass is 16.5. The van der Waals surface area contributed by atoms with Gasteiger partial charge in [-0.25, -0.2) is 9.97 Å². The number of nitrogens with zero attached hydrogens (tertiary/aromatic N) is 2. The smallest absolute Gasteiger partial charge is 0.133 e. The standard InChI is InChI=1S/C16H27N3O/c1-4-20-10-15(12(2)3)19-16-13-8-6-5-7-9-14(13)17-11-18-16/h11-12,15H,4-10H2,1-3H3,(H,17,18,19). The molecule has 1 unspecified atom stereocenters. The van der Waals surface area contributed by atoms with Crippen LogP contribution in [0.1, 0.15) is 51.3 Å². The molecule has 112 valence electrons. The molecule has 0 amide bonds. The van der Waals surface area contributed by atoms with Crippen LogP contribution >= 0.6 is 0 Å². The Kier molecular flexibility index (Phi) is 5.77. The lowest BCUT2D eigenvalue weighted by atomic mass is 10.0. The minimum atomic E-state index is 0.303. The summed E-state index contributed by atoms with van der Waals surface area (Å²) < 4.78 is 5.59. The van der Waals surface area contributed by atoms with Crippen molar-refractivity contribution in [2.24, 2.45) is 5.92 Å². The SMILES string of the molecule is CCOCC(Nc1ncnc2c1CCCCC2)C(C)C. The van der Waals surface area contributed by atoms with Crippen LogP contribution in [-0.2, 0) is 17.6 Å². The number of aryl methyl sites for hydroxylation is 1. The molecule has 1 aliphatic carbocycles. The highest BCUT2D eigenvalue weighted by Crippen LogP contribution is 2.25. The third-order valence-corrected chi connectivity index (χ3v) is 4.00. The second-order valence-corrected chi connectivity index (χ2v) is 5.86. The molecule has 0 aliphatic heterocycles. The summed E-state index contributed by atoms with van der Waals surface area (Å²) in [6.45, 7) is 7.96. The van der Waals surface area contributed by atoms with Crippen molar-refractivity contribution in [3.8, 4) is 0 Å². The van der Waals surface area contributed by atoms with Gasteiger partial charge in [0.2, 0.25) is 0 Å². The molecule has 0 saturated carbocycles. The molecule has 4 heteroatoms. The van der Waals surface area contributed by atoms with E-state index in [-0.39, 0.29) is 0 Å². The summed E-state index contributed by atoms with van der Waals surface area (Å²) in [4.78, 5) is 8.96. The largest absolute Gasteiger partial charge is 0.380 e. The zero-order chi connectivity index (χ0) is 14.4. The molecule has 1 heterocycles. The van der Waals surface area contributed by atoms with Crippen LogP contribution in [-0.4, -0.2) is 29.2 Å². The summed E-state index contributed by atoms with van der Waals surface area (Å²) in [7, 11) is 0. The zero-order valence-corrected chi connectivity index (χ0v) is 13.0. The Hall–Kier alpha value is -1.16. The average molecular weight is 277 g/mol. The van der Waals surface area contributed by atoms with Gasteiger partial charge in [0, 0.05) is 17.9 Å². The van der Waals surface area contributed by atoms with Crippen LogP contribution in [0, 0.1) is 5.92 Å². The first kappa shape index (κ1) is 15.2. The predicted molar refractivity (Wildman–Crippen MR) is 82.0 cm³/mol. The summed E-state index contributed by atoms with van der Waals surface area (Å²) in [5.74, 6) is 1.54. The molecule has 0 bridgehead atoms. The average Bonchev–Trinajstić information content (AvgIpc) is 2.68. The fraction of sp³-hybridized carbons (Fsp3) is 0.750. The molecule has 2 rings (SSSR count). The van der Waals surface area contributed by atoms with Gasteiger partial charge in [-0.1, -0.05) is 20.3 Å². The normalized spacial score (nSPS) is 16.6. The summed E-state index contributed by atoms with van der Waals surface area (Å²) in [6.07, 6.45) is 7.66. The van der Waals surface area contributed by atoms with Crippen molar-refractivity contribution in [3.05, 3.63) is 17.6 Å². The minimum Gasteiger partial charge on any atom is -0.380 e. The second-order valence-electron chi connectivity index (χ2n) is 5.86. The number of anilines is 1. The van der Waals surface area contributed by atoms with E-state index < -0.39 is 0 Å². The van der Waals surface area contributed by atoms with Crippen molar-refractivity contribution >= 4 is 5.82 Å². The fourth-order valence-electron chi connectivity index (χ4n) is 2.64. The Morgan fingerprint density at radius 2 is 2.00 bits per heavy atom. The number of fused-ring (bicyclic) bond motifs is 1. The lowest BCUT2D eigenvalue weighted by molar-refractivity contribution is 0.126. The molecule has 0 spiro atoms. The molecule has 1 aromatic heterocycles. The maximum atomic E-state index is 5.59. The van der Waals surface area contributed by atoms with Crippen LogP contribution in [0.3, 0.4) is 0 Å². The number of hydrogen-bond acceptors (Lipinski definition) is 4. The first-order valence-corrected chi connectivity index (χ1v) is 7.89. The maximum Gasteiger partial charge on any atom is 0.133 e. The Morgan fingerprint density at radius 3 is 2.75 bits per heavy atom. The molecule has 4 nitrogen and oxygen atoms in total. The van der Waals surface area contributed by atoms with Crippen molar-refractivity contribution in [2.45, 2.75) is 58.9 Å². The minimum absolute atomic E-state index is 0.303. The van der Waals surface area contributed by atoms with Crippen molar-refractivity contribution in [2.75, 3.05) is 18.5 Å². The van der Waals surface area contributed by atoms with Gasteiger partial charge in [-0.15, -0.1) is 0 Å². The van der Waals surface area contributed by atoms with Gasteiger partial charge in [0.15, 0.2) is 0 Å². The van der Waals surface area contributed by atoms with E-state index in [0.717, 1.165) is 31.9 Å². The molecule has 20 heavy (non-hydrogen) atoms. The van der Waals surface area contributed by atoms with Gasteiger partial charge >= 0.3 is 0 Å². The molecule has 0 radical (unpaired) electrons. The molecule has 1 N–H and O–H groups in total. The van der Waals surface area contributed by atoms with E-state index in [4.69, 9.17) is 4.74 Å². The molecule has 0 aromatic carbocycles. The monoisotopic (exact) mass is 277 g/mol. The quantitative estimate of drug-likeness (QED) is 0.811. The second kappa shape index (κ2) is 7.58. The molecule has 0 saturated heterocycles. The summed E-state index contributed by atoms with van der Waals surface area (Å²) in [5, 5.41) is 3.59. The highest BCUT2D eigenvalue weighted by Gasteiger charge is 2.19. The van der Waals surface area contributed by atoms with Crippen LogP contribution in [0.4, 0.5) is 5.82 Å². The number of ether oxygens (including phenoxy) is 1. The Balaban J connectivity index is 2.15. The van der Waals surface area contributed by atoms with Gasteiger partial charge in [0.05, 0.1) is 12.6 Å². The number of nitrogens with one attached hydrogen (secondary N) is 1. The molecular weight excluding hydrogens is 250 g/mol. The Bertz CT molecular complexity index is 420. The van der Waals surface area contributed by atoms with E-state index in [1.165, 1.54) is 30.5 Å². The molecular formula is C16H27N3O. The van der Waals surface area contributed by atoms with Crippen molar-refractivity contribution in [1.29, 1.82) is 0 Å². The van der Waals surface area contributed by atoms with Crippen molar-refractivity contribution in [1.82, 2.24) is 9.97 Å². The van der Waals surface area contributed by atoms with E-state index in [1.54, 1.807) is 6.33 Å². The first-order valence-electron chi connectivity index (χ1n) is 7.89. The van der Waals surface area contributed by atoms with Gasteiger partial charge < -0.3 is 10.1 Å². The zero-order valence-electron chi connectivity index (χ0n) is 13.0. The summed E-state index contributed by atoms with van der Waals surface area (Å²) in [5.41, 5.74) is 2.56. The molecule has 0 fully saturated rings. The summed E-state index contributed by atoms with van der Waals surface area (Å²) >= 11 is 0. The highest BCUT2D eigenvalue weighted by molar-refractivity contribution is 5.47. The van der Waals surface area contributed by atoms with Gasteiger partial charge in [0.1, 0.15) is 12.1 Å². The summed E-state index contributed by atoms with van der Waals surface area (Å²) in [6, 6.07) is 0.303. The number of aromatic nitrogens is 2. The number of rotatable bonds is 6. The topological polar surface area (TPSA) is 47.0 Å². The lowest BCUT2D eigenvalue weighted by Gasteiger charge is -2.24. The van der Waals surface area contributed by atoms with Gasteiger partial charge in [-0.05, 0) is 38.5 Å². The maximum absolute atomic E-state index is 5.59. The van der Waals surface area contributed by atoms with Gasteiger partial charge in [-0.2, -0.15) is 0 Å². The van der Waals surface area contributed by atoms with Crippen molar-refractivity contribution < 1.29 is 4.74 Å². The lowest BCUT2D eigenvalue weighted by Crippen LogP contribution is -2.32. The van der Waals surface area contributed by atoms with E-state index in [9.17, 15) is 0 Å². The van der Waals surface area contributed by atoms with Gasteiger partial charge in [0.25, 0.3) is 0 Å². The predicted octanol–water partition coefficient (Wildman–Crippen LogP) is 3.22. The van der Waals surface area contributed by atoms with E-state index in [0.29, 0.717) is 12.0 Å². The van der Waals surface area contributed by atoms with E-state index in [1.807, 2.05) is 6.92 Å². The van der Waals surface area contributed by atoms with Gasteiger partial charge in [-0.3, -0.25) is 0 Å². The van der Waals surface area contributed by atoms with Crippen LogP contribution in [0.5, 0.6) is 0 Å². The molecule has 1 aromatic rings. The Labute approximate surface area is 122 Å². The third-order valence-electron chi connectivity index (χ3n) is 4.00. The fourth-order valence-corrected chi connectivity index (χ4v) is 2.64. The van der Waals surface area contributed by atoms with E-state index in [2.05, 4.69) is 29.1 Å². The van der Waals surface area contributed by atoms with Crippen LogP contribution in [0.2, 0.25) is 0 Å². The first-order chi connectivity index (χ1) is 9.72. The van der Waals surface area contributed by atoms with Crippen LogP contribution in [0.25, 0.3) is 0 Å². The van der Waals surface area contributed by atoms with E-state index >= 15 is 0 Å². The molecule has 1 atom stereocenters. The molecule has 1 aliphatic rings. The third kappa shape index (κ3) is 3.92.